The summed E-state index contributed by atoms with van der Waals surface area (Å²) in [5, 5.41) is 13.2. The SMILES string of the molecule is CNCCCC(NCCCCCCNc1cc(C)ccn1)c1ccc(-c2cccc3ccccc23)cc1. The molecule has 0 fully saturated rings. The fraction of sp³-hybridized carbons (Fsp3) is 0.364. The zero-order valence-electron chi connectivity index (χ0n) is 22.5. The molecule has 0 spiro atoms. The summed E-state index contributed by atoms with van der Waals surface area (Å²) in [6.07, 6.45) is 9.05. The van der Waals surface area contributed by atoms with Crippen LogP contribution in [0.3, 0.4) is 0 Å². The van der Waals surface area contributed by atoms with E-state index in [1.54, 1.807) is 0 Å². The molecule has 4 rings (SSSR count). The van der Waals surface area contributed by atoms with E-state index in [2.05, 4.69) is 101 Å². The third-order valence-corrected chi connectivity index (χ3v) is 7.05. The Bertz CT molecular complexity index is 1210. The lowest BCUT2D eigenvalue weighted by Crippen LogP contribution is -2.23. The first-order valence-electron chi connectivity index (χ1n) is 13.9. The van der Waals surface area contributed by atoms with Crippen LogP contribution in [0.5, 0.6) is 0 Å². The van der Waals surface area contributed by atoms with E-state index < -0.39 is 0 Å². The number of fused-ring (bicyclic) bond motifs is 1. The van der Waals surface area contributed by atoms with Gasteiger partial charge in [-0.2, -0.15) is 0 Å². The van der Waals surface area contributed by atoms with Gasteiger partial charge in [-0.15, -0.1) is 0 Å². The standard InChI is InChI=1S/C33H42N4/c1-26-20-24-37-33(25-26)36-23-8-4-3-7-22-35-32(15-10-21-34-2)29-18-16-28(17-19-29)31-14-9-12-27-11-5-6-13-30(27)31/h5-6,9,11-14,16-20,24-25,32,34-35H,3-4,7-8,10,15,21-23H2,1-2H3,(H,36,37). The number of rotatable bonds is 15. The highest BCUT2D eigenvalue weighted by Gasteiger charge is 2.11. The smallest absolute Gasteiger partial charge is 0.126 e. The Morgan fingerprint density at radius 2 is 1.54 bits per heavy atom. The van der Waals surface area contributed by atoms with Crippen molar-refractivity contribution in [2.75, 3.05) is 32.0 Å². The summed E-state index contributed by atoms with van der Waals surface area (Å²) in [5.74, 6) is 0.984. The Labute approximate surface area is 222 Å². The van der Waals surface area contributed by atoms with Gasteiger partial charge in [0.25, 0.3) is 0 Å². The molecule has 0 bridgehead atoms. The van der Waals surface area contributed by atoms with Crippen molar-refractivity contribution in [2.24, 2.45) is 0 Å². The number of benzene rings is 3. The molecule has 3 aromatic carbocycles. The van der Waals surface area contributed by atoms with Crippen molar-refractivity contribution in [2.45, 2.75) is 51.5 Å². The van der Waals surface area contributed by atoms with Crippen LogP contribution in [-0.2, 0) is 0 Å². The van der Waals surface area contributed by atoms with Gasteiger partial charge >= 0.3 is 0 Å². The minimum Gasteiger partial charge on any atom is -0.370 e. The minimum atomic E-state index is 0.393. The second kappa shape index (κ2) is 14.5. The lowest BCUT2D eigenvalue weighted by molar-refractivity contribution is 0.466. The number of unbranched alkanes of at least 4 members (excludes halogenated alkanes) is 3. The Morgan fingerprint density at radius 1 is 0.757 bits per heavy atom. The second-order valence-corrected chi connectivity index (χ2v) is 9.96. The number of pyridine rings is 1. The molecule has 0 aliphatic rings. The summed E-state index contributed by atoms with van der Waals surface area (Å²) in [6.45, 7) is 5.20. The van der Waals surface area contributed by atoms with Gasteiger partial charge in [0.1, 0.15) is 5.82 Å². The Kier molecular flexibility index (Phi) is 10.5. The molecule has 0 amide bonds. The van der Waals surface area contributed by atoms with Crippen molar-refractivity contribution in [3.63, 3.8) is 0 Å². The van der Waals surface area contributed by atoms with E-state index in [0.717, 1.165) is 38.3 Å². The lowest BCUT2D eigenvalue weighted by atomic mass is 9.95. The lowest BCUT2D eigenvalue weighted by Gasteiger charge is -2.20. The van der Waals surface area contributed by atoms with Gasteiger partial charge < -0.3 is 16.0 Å². The Balaban J connectivity index is 1.26. The third kappa shape index (κ3) is 8.14. The maximum Gasteiger partial charge on any atom is 0.126 e. The van der Waals surface area contributed by atoms with Crippen LogP contribution in [0.25, 0.3) is 21.9 Å². The summed E-state index contributed by atoms with van der Waals surface area (Å²) in [6, 6.07) is 29.0. The van der Waals surface area contributed by atoms with Gasteiger partial charge in [0.15, 0.2) is 0 Å². The maximum absolute atomic E-state index is 4.38. The van der Waals surface area contributed by atoms with E-state index in [4.69, 9.17) is 0 Å². The average Bonchev–Trinajstić information content (AvgIpc) is 2.93. The molecule has 0 aliphatic carbocycles. The van der Waals surface area contributed by atoms with Gasteiger partial charge in [0.05, 0.1) is 0 Å². The molecular formula is C33H42N4. The normalized spacial score (nSPS) is 12.1. The number of nitrogens with zero attached hydrogens (tertiary/aromatic N) is 1. The van der Waals surface area contributed by atoms with Crippen molar-refractivity contribution in [1.82, 2.24) is 15.6 Å². The quantitative estimate of drug-likeness (QED) is 0.150. The van der Waals surface area contributed by atoms with E-state index in [-0.39, 0.29) is 0 Å². The van der Waals surface area contributed by atoms with Gasteiger partial charge in [-0.05, 0) is 97.9 Å². The van der Waals surface area contributed by atoms with Crippen molar-refractivity contribution >= 4 is 16.6 Å². The van der Waals surface area contributed by atoms with Gasteiger partial charge in [-0.3, -0.25) is 0 Å². The molecule has 0 saturated heterocycles. The summed E-state index contributed by atoms with van der Waals surface area (Å²) in [5.41, 5.74) is 5.21. The zero-order chi connectivity index (χ0) is 25.7. The summed E-state index contributed by atoms with van der Waals surface area (Å²) in [4.78, 5) is 4.38. The van der Waals surface area contributed by atoms with Crippen molar-refractivity contribution in [3.05, 3.63) is 96.2 Å². The first-order valence-corrected chi connectivity index (χ1v) is 13.9. The summed E-state index contributed by atoms with van der Waals surface area (Å²) >= 11 is 0. The topological polar surface area (TPSA) is 49.0 Å². The van der Waals surface area contributed by atoms with E-state index in [1.165, 1.54) is 58.7 Å². The Hall–Kier alpha value is -3.21. The van der Waals surface area contributed by atoms with Crippen LogP contribution < -0.4 is 16.0 Å². The molecular weight excluding hydrogens is 452 g/mol. The van der Waals surface area contributed by atoms with Gasteiger partial charge in [0, 0.05) is 18.8 Å². The highest BCUT2D eigenvalue weighted by Crippen LogP contribution is 2.30. The molecule has 1 atom stereocenters. The molecule has 1 heterocycles. The van der Waals surface area contributed by atoms with Crippen LogP contribution in [0.2, 0.25) is 0 Å². The van der Waals surface area contributed by atoms with E-state index in [0.29, 0.717) is 6.04 Å². The first kappa shape index (κ1) is 26.8. The van der Waals surface area contributed by atoms with E-state index >= 15 is 0 Å². The molecule has 1 unspecified atom stereocenters. The molecule has 0 radical (unpaired) electrons. The van der Waals surface area contributed by atoms with Gasteiger partial charge in [-0.1, -0.05) is 79.6 Å². The monoisotopic (exact) mass is 494 g/mol. The molecule has 1 aromatic heterocycles. The van der Waals surface area contributed by atoms with Gasteiger partial charge in [0.2, 0.25) is 0 Å². The predicted molar refractivity (Wildman–Crippen MR) is 159 cm³/mol. The van der Waals surface area contributed by atoms with Crippen LogP contribution in [0.15, 0.2) is 85.1 Å². The van der Waals surface area contributed by atoms with E-state index in [9.17, 15) is 0 Å². The molecule has 37 heavy (non-hydrogen) atoms. The molecule has 194 valence electrons. The zero-order valence-corrected chi connectivity index (χ0v) is 22.5. The fourth-order valence-corrected chi connectivity index (χ4v) is 4.97. The summed E-state index contributed by atoms with van der Waals surface area (Å²) < 4.78 is 0. The van der Waals surface area contributed by atoms with Crippen LogP contribution in [0, 0.1) is 6.92 Å². The molecule has 4 heteroatoms. The molecule has 0 saturated carbocycles. The highest BCUT2D eigenvalue weighted by molar-refractivity contribution is 5.96. The van der Waals surface area contributed by atoms with Gasteiger partial charge in [-0.25, -0.2) is 4.98 Å². The van der Waals surface area contributed by atoms with Crippen molar-refractivity contribution < 1.29 is 0 Å². The molecule has 4 aromatic rings. The molecule has 4 nitrogen and oxygen atoms in total. The maximum atomic E-state index is 4.38. The molecule has 0 aliphatic heterocycles. The third-order valence-electron chi connectivity index (χ3n) is 7.05. The second-order valence-electron chi connectivity index (χ2n) is 9.96. The number of nitrogens with one attached hydrogen (secondary N) is 3. The predicted octanol–water partition coefficient (Wildman–Crippen LogP) is 7.51. The van der Waals surface area contributed by atoms with Crippen molar-refractivity contribution in [3.8, 4) is 11.1 Å². The number of aromatic nitrogens is 1. The number of hydrogen-bond acceptors (Lipinski definition) is 4. The highest BCUT2D eigenvalue weighted by atomic mass is 15.0. The number of aryl methyl sites for hydroxylation is 1. The van der Waals surface area contributed by atoms with Crippen molar-refractivity contribution in [1.29, 1.82) is 0 Å². The van der Waals surface area contributed by atoms with Crippen LogP contribution in [0.4, 0.5) is 5.82 Å². The number of anilines is 1. The average molecular weight is 495 g/mol. The minimum absolute atomic E-state index is 0.393. The fourth-order valence-electron chi connectivity index (χ4n) is 4.97. The van der Waals surface area contributed by atoms with E-state index in [1.807, 2.05) is 19.3 Å². The number of hydrogen-bond donors (Lipinski definition) is 3. The Morgan fingerprint density at radius 3 is 2.35 bits per heavy atom. The first-order chi connectivity index (χ1) is 18.2. The molecule has 3 N–H and O–H groups in total. The largest absolute Gasteiger partial charge is 0.370 e. The summed E-state index contributed by atoms with van der Waals surface area (Å²) in [7, 11) is 2.03. The van der Waals surface area contributed by atoms with Crippen LogP contribution >= 0.6 is 0 Å². The van der Waals surface area contributed by atoms with Crippen LogP contribution in [-0.4, -0.2) is 31.7 Å². The van der Waals surface area contributed by atoms with Crippen LogP contribution in [0.1, 0.15) is 55.7 Å².